The molecule has 0 saturated carbocycles. The number of phenols is 1. The van der Waals surface area contributed by atoms with E-state index in [1.165, 1.54) is 0 Å². The SMILES string of the molecule is Oc1ccc2c(c1)C(NCC(F)F)CCC2. The highest BCUT2D eigenvalue weighted by molar-refractivity contribution is 5.38. The van der Waals surface area contributed by atoms with Gasteiger partial charge in [0.15, 0.2) is 0 Å². The lowest BCUT2D eigenvalue weighted by Crippen LogP contribution is -2.29. The molecule has 16 heavy (non-hydrogen) atoms. The Kier molecular flexibility index (Phi) is 3.39. The minimum atomic E-state index is -2.33. The maximum Gasteiger partial charge on any atom is 0.250 e. The fourth-order valence-electron chi connectivity index (χ4n) is 2.23. The fourth-order valence-corrected chi connectivity index (χ4v) is 2.23. The van der Waals surface area contributed by atoms with Crippen molar-refractivity contribution in [3.63, 3.8) is 0 Å². The molecule has 0 aromatic heterocycles. The summed E-state index contributed by atoms with van der Waals surface area (Å²) >= 11 is 0. The Labute approximate surface area is 93.3 Å². The Hall–Kier alpha value is -1.16. The van der Waals surface area contributed by atoms with Crippen LogP contribution in [-0.4, -0.2) is 18.1 Å². The molecule has 88 valence electrons. The van der Waals surface area contributed by atoms with Crippen LogP contribution in [0.1, 0.15) is 30.0 Å². The van der Waals surface area contributed by atoms with Crippen LogP contribution in [0.2, 0.25) is 0 Å². The van der Waals surface area contributed by atoms with Crippen molar-refractivity contribution in [2.45, 2.75) is 31.7 Å². The Balaban J connectivity index is 2.15. The normalized spacial score (nSPS) is 19.8. The summed E-state index contributed by atoms with van der Waals surface area (Å²) in [7, 11) is 0. The molecular formula is C12H15F2NO. The number of aryl methyl sites for hydroxylation is 1. The molecule has 0 bridgehead atoms. The molecule has 4 heteroatoms. The molecule has 2 nitrogen and oxygen atoms in total. The Bertz CT molecular complexity index is 368. The van der Waals surface area contributed by atoms with Gasteiger partial charge in [0.2, 0.25) is 0 Å². The van der Waals surface area contributed by atoms with Gasteiger partial charge in [-0.25, -0.2) is 8.78 Å². The average molecular weight is 227 g/mol. The smallest absolute Gasteiger partial charge is 0.250 e. The van der Waals surface area contributed by atoms with Crippen LogP contribution in [0.25, 0.3) is 0 Å². The summed E-state index contributed by atoms with van der Waals surface area (Å²) in [5.74, 6) is 0.199. The van der Waals surface area contributed by atoms with Crippen LogP contribution in [0.4, 0.5) is 8.78 Å². The van der Waals surface area contributed by atoms with Crippen LogP contribution in [0.5, 0.6) is 5.75 Å². The quantitative estimate of drug-likeness (QED) is 0.832. The Morgan fingerprint density at radius 1 is 1.44 bits per heavy atom. The number of halogens is 2. The zero-order valence-electron chi connectivity index (χ0n) is 8.92. The maximum atomic E-state index is 12.1. The topological polar surface area (TPSA) is 32.3 Å². The zero-order valence-corrected chi connectivity index (χ0v) is 8.92. The lowest BCUT2D eigenvalue weighted by atomic mass is 9.87. The third-order valence-electron chi connectivity index (χ3n) is 2.96. The molecule has 1 unspecified atom stereocenters. The van der Waals surface area contributed by atoms with Crippen molar-refractivity contribution in [3.05, 3.63) is 29.3 Å². The number of alkyl halides is 2. The highest BCUT2D eigenvalue weighted by atomic mass is 19.3. The van der Waals surface area contributed by atoms with E-state index in [9.17, 15) is 13.9 Å². The van der Waals surface area contributed by atoms with Gasteiger partial charge in [0, 0.05) is 6.04 Å². The van der Waals surface area contributed by atoms with Crippen LogP contribution in [0.3, 0.4) is 0 Å². The second-order valence-electron chi connectivity index (χ2n) is 4.13. The maximum absolute atomic E-state index is 12.1. The monoisotopic (exact) mass is 227 g/mol. The van der Waals surface area contributed by atoms with Crippen molar-refractivity contribution in [2.75, 3.05) is 6.54 Å². The second kappa shape index (κ2) is 4.78. The Morgan fingerprint density at radius 2 is 2.25 bits per heavy atom. The molecule has 1 aliphatic rings. The van der Waals surface area contributed by atoms with Gasteiger partial charge in [0.05, 0.1) is 6.54 Å². The standard InChI is InChI=1S/C12H15F2NO/c13-12(14)7-15-11-3-1-2-8-4-5-9(16)6-10(8)11/h4-6,11-12,15-16H,1-3,7H2. The molecule has 2 N–H and O–H groups in total. The number of benzene rings is 1. The number of hydrogen-bond acceptors (Lipinski definition) is 2. The van der Waals surface area contributed by atoms with Gasteiger partial charge >= 0.3 is 0 Å². The minimum Gasteiger partial charge on any atom is -0.508 e. The van der Waals surface area contributed by atoms with Gasteiger partial charge in [-0.15, -0.1) is 0 Å². The van der Waals surface area contributed by atoms with E-state index in [2.05, 4.69) is 5.32 Å². The number of aromatic hydroxyl groups is 1. The van der Waals surface area contributed by atoms with Crippen molar-refractivity contribution < 1.29 is 13.9 Å². The lowest BCUT2D eigenvalue weighted by Gasteiger charge is -2.26. The van der Waals surface area contributed by atoms with Gasteiger partial charge in [-0.1, -0.05) is 6.07 Å². The number of rotatable bonds is 3. The van der Waals surface area contributed by atoms with Crippen LogP contribution in [0, 0.1) is 0 Å². The minimum absolute atomic E-state index is 0.0511. The fraction of sp³-hybridized carbons (Fsp3) is 0.500. The average Bonchev–Trinajstić information content (AvgIpc) is 2.26. The predicted octanol–water partition coefficient (Wildman–Crippen LogP) is 2.62. The molecule has 0 spiro atoms. The largest absolute Gasteiger partial charge is 0.508 e. The van der Waals surface area contributed by atoms with E-state index < -0.39 is 6.43 Å². The molecule has 0 amide bonds. The first-order valence-electron chi connectivity index (χ1n) is 5.50. The molecule has 0 fully saturated rings. The van der Waals surface area contributed by atoms with Crippen LogP contribution in [0.15, 0.2) is 18.2 Å². The van der Waals surface area contributed by atoms with Crippen molar-refractivity contribution in [1.29, 1.82) is 0 Å². The molecule has 0 aliphatic heterocycles. The van der Waals surface area contributed by atoms with Gasteiger partial charge in [0.1, 0.15) is 5.75 Å². The van der Waals surface area contributed by atoms with Gasteiger partial charge in [-0.2, -0.15) is 0 Å². The summed E-state index contributed by atoms with van der Waals surface area (Å²) in [5.41, 5.74) is 2.11. The van der Waals surface area contributed by atoms with Crippen LogP contribution < -0.4 is 5.32 Å². The molecule has 0 heterocycles. The number of fused-ring (bicyclic) bond motifs is 1. The van der Waals surface area contributed by atoms with E-state index >= 15 is 0 Å². The second-order valence-corrected chi connectivity index (χ2v) is 4.13. The first kappa shape index (κ1) is 11.3. The summed E-state index contributed by atoms with van der Waals surface area (Å²) in [6.07, 6.45) is 0.479. The molecule has 2 rings (SSSR count). The van der Waals surface area contributed by atoms with E-state index in [-0.39, 0.29) is 18.3 Å². The molecule has 0 radical (unpaired) electrons. The summed E-state index contributed by atoms with van der Waals surface area (Å²) < 4.78 is 24.3. The van der Waals surface area contributed by atoms with Crippen molar-refractivity contribution >= 4 is 0 Å². The number of hydrogen-bond donors (Lipinski definition) is 2. The van der Waals surface area contributed by atoms with Gasteiger partial charge in [0.25, 0.3) is 6.43 Å². The van der Waals surface area contributed by atoms with Crippen molar-refractivity contribution in [1.82, 2.24) is 5.32 Å². The third kappa shape index (κ3) is 2.50. The van der Waals surface area contributed by atoms with Crippen molar-refractivity contribution in [3.8, 4) is 5.75 Å². The lowest BCUT2D eigenvalue weighted by molar-refractivity contribution is 0.140. The molecule has 1 atom stereocenters. The van der Waals surface area contributed by atoms with E-state index in [0.29, 0.717) is 0 Å². The molecule has 1 aromatic rings. The molecule has 1 aromatic carbocycles. The first-order valence-corrected chi connectivity index (χ1v) is 5.50. The van der Waals surface area contributed by atoms with E-state index in [1.54, 1.807) is 12.1 Å². The van der Waals surface area contributed by atoms with E-state index in [0.717, 1.165) is 30.4 Å². The Morgan fingerprint density at radius 3 is 3.00 bits per heavy atom. The van der Waals surface area contributed by atoms with Gasteiger partial charge in [-0.05, 0) is 42.5 Å². The van der Waals surface area contributed by atoms with E-state index in [4.69, 9.17) is 0 Å². The third-order valence-corrected chi connectivity index (χ3v) is 2.96. The van der Waals surface area contributed by atoms with Crippen molar-refractivity contribution in [2.24, 2.45) is 0 Å². The van der Waals surface area contributed by atoms with Gasteiger partial charge in [-0.3, -0.25) is 0 Å². The summed E-state index contributed by atoms with van der Waals surface area (Å²) in [6, 6.07) is 5.15. The van der Waals surface area contributed by atoms with Crippen LogP contribution in [-0.2, 0) is 6.42 Å². The molecule has 1 aliphatic carbocycles. The number of phenolic OH excluding ortho intramolecular Hbond substituents is 1. The first-order chi connectivity index (χ1) is 7.66. The number of nitrogens with one attached hydrogen (secondary N) is 1. The molecular weight excluding hydrogens is 212 g/mol. The van der Waals surface area contributed by atoms with Gasteiger partial charge < -0.3 is 10.4 Å². The predicted molar refractivity (Wildman–Crippen MR) is 57.8 cm³/mol. The molecule has 0 saturated heterocycles. The summed E-state index contributed by atoms with van der Waals surface area (Å²) in [6.45, 7) is -0.292. The summed E-state index contributed by atoms with van der Waals surface area (Å²) in [5, 5.41) is 12.3. The highest BCUT2D eigenvalue weighted by Crippen LogP contribution is 2.32. The highest BCUT2D eigenvalue weighted by Gasteiger charge is 2.20. The van der Waals surface area contributed by atoms with E-state index in [1.807, 2.05) is 6.07 Å². The zero-order chi connectivity index (χ0) is 11.5. The summed E-state index contributed by atoms with van der Waals surface area (Å²) in [4.78, 5) is 0. The van der Waals surface area contributed by atoms with Crippen LogP contribution >= 0.6 is 0 Å².